The zero-order valence-electron chi connectivity index (χ0n) is 18.0. The van der Waals surface area contributed by atoms with Crippen molar-refractivity contribution in [3.8, 4) is 0 Å². The molecule has 1 aliphatic carbocycles. The molecule has 3 aromatic rings. The van der Waals surface area contributed by atoms with Crippen molar-refractivity contribution in [1.29, 1.82) is 0 Å². The fraction of sp³-hybridized carbons (Fsp3) is 0.231. The van der Waals surface area contributed by atoms with Crippen LogP contribution in [0.15, 0.2) is 77.7 Å². The number of sulfonamides is 1. The van der Waals surface area contributed by atoms with Gasteiger partial charge in [-0.05, 0) is 79.3 Å². The summed E-state index contributed by atoms with van der Waals surface area (Å²) in [7, 11) is -3.70. The van der Waals surface area contributed by atoms with Gasteiger partial charge in [0.25, 0.3) is 10.0 Å². The van der Waals surface area contributed by atoms with E-state index in [2.05, 4.69) is 34.3 Å². The third kappa shape index (κ3) is 3.80. The van der Waals surface area contributed by atoms with Crippen molar-refractivity contribution in [3.05, 3.63) is 100 Å². The molecule has 1 aliphatic heterocycles. The largest absolute Gasteiger partial charge is 0.378 e. The van der Waals surface area contributed by atoms with Crippen molar-refractivity contribution in [2.45, 2.75) is 37.1 Å². The molecule has 2 N–H and O–H groups in total. The lowest BCUT2D eigenvalue weighted by atomic mass is 9.77. The quantitative estimate of drug-likeness (QED) is 0.428. The van der Waals surface area contributed by atoms with E-state index < -0.39 is 10.0 Å². The number of hydrogen-bond acceptors (Lipinski definition) is 3. The number of fused-ring (bicyclic) bond motifs is 3. The van der Waals surface area contributed by atoms with Crippen LogP contribution in [0.25, 0.3) is 0 Å². The van der Waals surface area contributed by atoms with Gasteiger partial charge in [0.15, 0.2) is 0 Å². The van der Waals surface area contributed by atoms with Gasteiger partial charge in [0.2, 0.25) is 0 Å². The minimum Gasteiger partial charge on any atom is -0.378 e. The first-order valence-electron chi connectivity index (χ1n) is 10.7. The summed E-state index contributed by atoms with van der Waals surface area (Å²) in [5.74, 6) is 0.497. The molecule has 3 atom stereocenters. The monoisotopic (exact) mass is 464 g/mol. The molecule has 6 heteroatoms. The second-order valence-electron chi connectivity index (χ2n) is 8.70. The summed E-state index contributed by atoms with van der Waals surface area (Å²) in [5.41, 5.74) is 5.79. The summed E-state index contributed by atoms with van der Waals surface area (Å²) < 4.78 is 29.1. The Morgan fingerprint density at radius 2 is 1.78 bits per heavy atom. The Morgan fingerprint density at radius 1 is 1.00 bits per heavy atom. The third-order valence-electron chi connectivity index (χ3n) is 6.50. The highest BCUT2D eigenvalue weighted by atomic mass is 35.5. The summed E-state index contributed by atoms with van der Waals surface area (Å²) in [6.07, 6.45) is 5.35. The Hall–Kier alpha value is -2.76. The van der Waals surface area contributed by atoms with Crippen molar-refractivity contribution >= 4 is 33.0 Å². The number of hydrogen-bond donors (Lipinski definition) is 2. The van der Waals surface area contributed by atoms with Crippen molar-refractivity contribution < 1.29 is 8.42 Å². The first-order chi connectivity index (χ1) is 15.3. The summed E-state index contributed by atoms with van der Waals surface area (Å²) in [4.78, 5) is 0.280. The highest BCUT2D eigenvalue weighted by Crippen LogP contribution is 2.50. The zero-order chi connectivity index (χ0) is 22.5. The molecule has 164 valence electrons. The predicted molar refractivity (Wildman–Crippen MR) is 131 cm³/mol. The second-order valence-corrected chi connectivity index (χ2v) is 10.8. The van der Waals surface area contributed by atoms with Gasteiger partial charge >= 0.3 is 0 Å². The molecule has 5 rings (SSSR count). The number of halogens is 1. The number of allylic oxidation sites excluding steroid dienone is 2. The maximum Gasteiger partial charge on any atom is 0.261 e. The number of nitrogens with one attached hydrogen (secondary N) is 2. The van der Waals surface area contributed by atoms with E-state index in [4.69, 9.17) is 11.6 Å². The highest BCUT2D eigenvalue weighted by Gasteiger charge is 2.38. The van der Waals surface area contributed by atoms with Crippen molar-refractivity contribution in [2.75, 3.05) is 10.0 Å². The predicted octanol–water partition coefficient (Wildman–Crippen LogP) is 6.58. The van der Waals surface area contributed by atoms with Crippen molar-refractivity contribution in [1.82, 2.24) is 0 Å². The van der Waals surface area contributed by atoms with Gasteiger partial charge in [0.1, 0.15) is 0 Å². The number of anilines is 2. The van der Waals surface area contributed by atoms with E-state index in [0.29, 0.717) is 11.6 Å². The average Bonchev–Trinajstić information content (AvgIpc) is 3.26. The average molecular weight is 465 g/mol. The summed E-state index contributed by atoms with van der Waals surface area (Å²) in [6.45, 7) is 3.90. The lowest BCUT2D eigenvalue weighted by molar-refractivity contribution is 0.425. The highest BCUT2D eigenvalue weighted by molar-refractivity contribution is 7.92. The van der Waals surface area contributed by atoms with Gasteiger partial charge in [-0.25, -0.2) is 8.42 Å². The Labute approximate surface area is 194 Å². The van der Waals surface area contributed by atoms with Gasteiger partial charge < -0.3 is 5.32 Å². The molecule has 1 heterocycles. The molecule has 3 aromatic carbocycles. The molecule has 2 aliphatic rings. The van der Waals surface area contributed by atoms with E-state index >= 15 is 0 Å². The maximum absolute atomic E-state index is 13.2. The molecule has 0 unspecified atom stereocenters. The van der Waals surface area contributed by atoms with Crippen LogP contribution in [-0.4, -0.2) is 8.42 Å². The minimum atomic E-state index is -3.70. The number of benzene rings is 3. The molecule has 0 saturated carbocycles. The van der Waals surface area contributed by atoms with Gasteiger partial charge in [-0.15, -0.1) is 0 Å². The van der Waals surface area contributed by atoms with Gasteiger partial charge in [-0.2, -0.15) is 0 Å². The fourth-order valence-electron chi connectivity index (χ4n) is 4.87. The summed E-state index contributed by atoms with van der Waals surface area (Å²) in [6, 6.07) is 19.2. The molecular weight excluding hydrogens is 440 g/mol. The third-order valence-corrected chi connectivity index (χ3v) is 8.12. The molecule has 0 aromatic heterocycles. The fourth-order valence-corrected chi connectivity index (χ4v) is 6.16. The lowest BCUT2D eigenvalue weighted by Crippen LogP contribution is -2.29. The first-order valence-corrected chi connectivity index (χ1v) is 12.6. The van der Waals surface area contributed by atoms with Crippen LogP contribution < -0.4 is 10.0 Å². The standard InChI is InChI=1S/C26H25ClN2O2S/c1-16-6-12-24(17(2)14-16)29-32(30,31)20-11-13-25-23(15-20)21-4-3-5-22(21)26(28-25)18-7-9-19(27)10-8-18/h3-4,6-15,21-22,26,28-29H,5H2,1-2H3/t21-,22+,26+/m0/s1. The lowest BCUT2D eigenvalue weighted by Gasteiger charge is -2.37. The van der Waals surface area contributed by atoms with Gasteiger partial charge in [-0.3, -0.25) is 4.72 Å². The molecule has 0 radical (unpaired) electrons. The first kappa shape index (κ1) is 21.1. The van der Waals surface area contributed by atoms with Crippen LogP contribution in [0.4, 0.5) is 11.4 Å². The molecular formula is C26H25ClN2O2S. The molecule has 0 spiro atoms. The molecule has 0 fully saturated rings. The van der Waals surface area contributed by atoms with Gasteiger partial charge in [-0.1, -0.05) is 53.6 Å². The van der Waals surface area contributed by atoms with Gasteiger partial charge in [0.05, 0.1) is 16.6 Å². The molecule has 0 saturated heterocycles. The van der Waals surface area contributed by atoms with Crippen LogP contribution in [0.3, 0.4) is 0 Å². The Morgan fingerprint density at radius 3 is 2.53 bits per heavy atom. The number of rotatable bonds is 4. The second kappa shape index (κ2) is 7.98. The topological polar surface area (TPSA) is 58.2 Å². The normalized spacial score (nSPS) is 21.5. The van der Waals surface area contributed by atoms with E-state index in [-0.39, 0.29) is 16.9 Å². The smallest absolute Gasteiger partial charge is 0.261 e. The van der Waals surface area contributed by atoms with Crippen LogP contribution >= 0.6 is 11.6 Å². The van der Waals surface area contributed by atoms with Crippen LogP contribution in [0.1, 0.15) is 40.6 Å². The van der Waals surface area contributed by atoms with Crippen LogP contribution in [-0.2, 0) is 10.0 Å². The molecule has 0 amide bonds. The van der Waals surface area contributed by atoms with Crippen LogP contribution in [0.5, 0.6) is 0 Å². The zero-order valence-corrected chi connectivity index (χ0v) is 19.5. The van der Waals surface area contributed by atoms with E-state index in [1.807, 2.05) is 56.3 Å². The summed E-state index contributed by atoms with van der Waals surface area (Å²) >= 11 is 6.08. The van der Waals surface area contributed by atoms with E-state index in [9.17, 15) is 8.42 Å². The molecule has 4 nitrogen and oxygen atoms in total. The Balaban J connectivity index is 1.49. The van der Waals surface area contributed by atoms with E-state index in [0.717, 1.165) is 33.8 Å². The van der Waals surface area contributed by atoms with Crippen LogP contribution in [0, 0.1) is 19.8 Å². The van der Waals surface area contributed by atoms with Gasteiger partial charge in [0, 0.05) is 16.6 Å². The van der Waals surface area contributed by atoms with Crippen LogP contribution in [0.2, 0.25) is 5.02 Å². The van der Waals surface area contributed by atoms with E-state index in [1.54, 1.807) is 6.07 Å². The minimum absolute atomic E-state index is 0.149. The van der Waals surface area contributed by atoms with E-state index in [1.165, 1.54) is 5.56 Å². The Bertz CT molecular complexity index is 1320. The molecule has 0 bridgehead atoms. The van der Waals surface area contributed by atoms with Crippen molar-refractivity contribution in [2.24, 2.45) is 5.92 Å². The summed E-state index contributed by atoms with van der Waals surface area (Å²) in [5, 5.41) is 4.37. The Kier molecular flexibility index (Phi) is 5.26. The maximum atomic E-state index is 13.2. The van der Waals surface area contributed by atoms with Crippen molar-refractivity contribution in [3.63, 3.8) is 0 Å². The SMILES string of the molecule is Cc1ccc(NS(=O)(=O)c2ccc3c(c2)[C@H]2C=CC[C@H]2[C@@H](c2ccc(Cl)cc2)N3)c(C)c1. The number of aryl methyl sites for hydroxylation is 2. The molecule has 32 heavy (non-hydrogen) atoms.